The van der Waals surface area contributed by atoms with Crippen LogP contribution in [0.4, 0.5) is 8.78 Å². The molecule has 0 N–H and O–H groups in total. The second-order valence-corrected chi connectivity index (χ2v) is 10.4. The van der Waals surface area contributed by atoms with E-state index < -0.39 is 28.4 Å². The van der Waals surface area contributed by atoms with Gasteiger partial charge in [0.15, 0.2) is 0 Å². The third kappa shape index (κ3) is 3.58. The number of aryl methyl sites for hydroxylation is 1. The molecule has 5 heterocycles. The van der Waals surface area contributed by atoms with Gasteiger partial charge in [0.2, 0.25) is 10.9 Å². The Morgan fingerprint density at radius 2 is 2.03 bits per heavy atom. The number of fused-ring (bicyclic) bond motifs is 1. The zero-order chi connectivity index (χ0) is 24.3. The van der Waals surface area contributed by atoms with Crippen molar-refractivity contribution in [1.29, 1.82) is 0 Å². The van der Waals surface area contributed by atoms with E-state index in [0.29, 0.717) is 22.0 Å². The highest BCUT2D eigenvalue weighted by Gasteiger charge is 2.52. The fourth-order valence-electron chi connectivity index (χ4n) is 4.18. The molecule has 0 spiro atoms. The number of pyridine rings is 1. The number of alkyl halides is 2. The SMILES string of the molecule is Cc1cn(CC(F)F)nc1S(=O)(=O)n1cc2c(n1)CN(C(=O)C1(c3ncccc3Cl)COC1)C2. The molecule has 10 nitrogen and oxygen atoms in total. The standard InChI is InChI=1S/C20H19ClF2N6O4S/c1-12-5-28(9-16(22)23)26-18(12)34(31,32)29-7-13-6-27(8-15(13)25-29)19(30)20(10-33-11-20)17-14(21)3-2-4-24-17/h2-5,7,16H,6,8-11H2,1H3. The fourth-order valence-corrected chi connectivity index (χ4v) is 5.80. The number of hydrogen-bond acceptors (Lipinski definition) is 7. The van der Waals surface area contributed by atoms with Gasteiger partial charge >= 0.3 is 10.0 Å². The summed E-state index contributed by atoms with van der Waals surface area (Å²) in [7, 11) is -4.19. The molecular weight excluding hydrogens is 494 g/mol. The van der Waals surface area contributed by atoms with Crippen LogP contribution in [0.3, 0.4) is 0 Å². The topological polar surface area (TPSA) is 112 Å². The minimum absolute atomic E-state index is 0.0989. The highest BCUT2D eigenvalue weighted by Crippen LogP contribution is 2.39. The summed E-state index contributed by atoms with van der Waals surface area (Å²) < 4.78 is 58.4. The monoisotopic (exact) mass is 512 g/mol. The number of ether oxygens (including phenoxy) is 1. The molecule has 0 atom stereocenters. The minimum atomic E-state index is -4.19. The Labute approximate surface area is 198 Å². The van der Waals surface area contributed by atoms with Crippen molar-refractivity contribution in [1.82, 2.24) is 28.9 Å². The van der Waals surface area contributed by atoms with Gasteiger partial charge in [0.1, 0.15) is 12.0 Å². The summed E-state index contributed by atoms with van der Waals surface area (Å²) in [6.45, 7) is 1.30. The molecule has 3 aromatic rings. The van der Waals surface area contributed by atoms with Crippen molar-refractivity contribution in [2.75, 3.05) is 13.2 Å². The lowest BCUT2D eigenvalue weighted by Gasteiger charge is -2.41. The largest absolute Gasteiger partial charge is 0.378 e. The van der Waals surface area contributed by atoms with E-state index in [1.165, 1.54) is 19.3 Å². The molecule has 3 aromatic heterocycles. The van der Waals surface area contributed by atoms with Crippen molar-refractivity contribution in [3.8, 4) is 0 Å². The summed E-state index contributed by atoms with van der Waals surface area (Å²) >= 11 is 6.29. The maximum atomic E-state index is 13.4. The number of carbonyl (C=O) groups is 1. The van der Waals surface area contributed by atoms with Crippen LogP contribution in [0.25, 0.3) is 0 Å². The van der Waals surface area contributed by atoms with Crippen LogP contribution in [-0.2, 0) is 44.6 Å². The van der Waals surface area contributed by atoms with E-state index in [1.54, 1.807) is 23.2 Å². The molecule has 34 heavy (non-hydrogen) atoms. The van der Waals surface area contributed by atoms with Gasteiger partial charge < -0.3 is 9.64 Å². The lowest BCUT2D eigenvalue weighted by molar-refractivity contribution is -0.157. The summed E-state index contributed by atoms with van der Waals surface area (Å²) in [5, 5.41) is 7.99. The Balaban J connectivity index is 1.38. The van der Waals surface area contributed by atoms with Crippen LogP contribution in [0.5, 0.6) is 0 Å². The molecule has 0 aliphatic carbocycles. The zero-order valence-corrected chi connectivity index (χ0v) is 19.4. The van der Waals surface area contributed by atoms with Gasteiger partial charge in [-0.15, -0.1) is 0 Å². The first-order valence-corrected chi connectivity index (χ1v) is 12.1. The van der Waals surface area contributed by atoms with Gasteiger partial charge in [-0.3, -0.25) is 14.5 Å². The quantitative estimate of drug-likeness (QED) is 0.494. The molecule has 1 fully saturated rings. The number of carbonyl (C=O) groups excluding carboxylic acids is 1. The first-order valence-electron chi connectivity index (χ1n) is 10.2. The van der Waals surface area contributed by atoms with Crippen molar-refractivity contribution in [3.05, 3.63) is 58.3 Å². The summed E-state index contributed by atoms with van der Waals surface area (Å²) in [5.41, 5.74) is 0.652. The van der Waals surface area contributed by atoms with Gasteiger partial charge in [0.25, 0.3) is 6.43 Å². The van der Waals surface area contributed by atoms with Crippen molar-refractivity contribution < 1.29 is 26.7 Å². The Kier molecular flexibility index (Phi) is 5.45. The average Bonchev–Trinajstić information content (AvgIpc) is 3.41. The van der Waals surface area contributed by atoms with Crippen LogP contribution in [0.1, 0.15) is 22.5 Å². The first kappa shape index (κ1) is 22.9. The molecule has 0 bridgehead atoms. The van der Waals surface area contributed by atoms with Gasteiger partial charge in [-0.25, -0.2) is 8.78 Å². The fraction of sp³-hybridized carbons (Fsp3) is 0.400. The molecule has 1 saturated heterocycles. The van der Waals surface area contributed by atoms with Crippen molar-refractivity contribution in [2.45, 2.75) is 43.4 Å². The highest BCUT2D eigenvalue weighted by molar-refractivity contribution is 7.89. The number of amides is 1. The number of halogens is 3. The smallest absolute Gasteiger partial charge is 0.302 e. The second-order valence-electron chi connectivity index (χ2n) is 8.28. The number of hydrogen-bond donors (Lipinski definition) is 0. The summed E-state index contributed by atoms with van der Waals surface area (Å²) in [6.07, 6.45) is 1.46. The molecule has 180 valence electrons. The lowest BCUT2D eigenvalue weighted by Crippen LogP contribution is -2.58. The zero-order valence-electron chi connectivity index (χ0n) is 17.9. The molecule has 2 aliphatic heterocycles. The van der Waals surface area contributed by atoms with Crippen LogP contribution < -0.4 is 0 Å². The predicted octanol–water partition coefficient (Wildman–Crippen LogP) is 1.75. The maximum Gasteiger partial charge on any atom is 0.302 e. The third-order valence-corrected chi connectivity index (χ3v) is 7.76. The van der Waals surface area contributed by atoms with E-state index in [2.05, 4.69) is 15.2 Å². The molecule has 1 amide bonds. The van der Waals surface area contributed by atoms with Gasteiger partial charge in [-0.05, 0) is 19.1 Å². The van der Waals surface area contributed by atoms with Crippen LogP contribution in [0.2, 0.25) is 5.02 Å². The van der Waals surface area contributed by atoms with Crippen molar-refractivity contribution >= 4 is 27.5 Å². The van der Waals surface area contributed by atoms with Gasteiger partial charge in [-0.1, -0.05) is 11.6 Å². The molecule has 0 aromatic carbocycles. The Bertz CT molecular complexity index is 1360. The second kappa shape index (κ2) is 8.10. The lowest BCUT2D eigenvalue weighted by atomic mass is 9.80. The van der Waals surface area contributed by atoms with Crippen LogP contribution >= 0.6 is 11.6 Å². The van der Waals surface area contributed by atoms with Crippen LogP contribution in [-0.4, -0.2) is 62.8 Å². The van der Waals surface area contributed by atoms with Crippen LogP contribution in [0.15, 0.2) is 35.7 Å². The van der Waals surface area contributed by atoms with Crippen LogP contribution in [0, 0.1) is 6.92 Å². The van der Waals surface area contributed by atoms with E-state index >= 15 is 0 Å². The first-order chi connectivity index (χ1) is 16.1. The Hall–Kier alpha value is -2.90. The third-order valence-electron chi connectivity index (χ3n) is 5.88. The normalized spacial score (nSPS) is 17.1. The molecule has 0 saturated carbocycles. The minimum Gasteiger partial charge on any atom is -0.378 e. The van der Waals surface area contributed by atoms with Gasteiger partial charge in [-0.2, -0.15) is 22.7 Å². The summed E-state index contributed by atoms with van der Waals surface area (Å²) in [6, 6.07) is 3.34. The van der Waals surface area contributed by atoms with Crippen molar-refractivity contribution in [2.24, 2.45) is 0 Å². The predicted molar refractivity (Wildman–Crippen MR) is 114 cm³/mol. The van der Waals surface area contributed by atoms with E-state index in [4.69, 9.17) is 16.3 Å². The number of nitrogens with zero attached hydrogens (tertiary/aromatic N) is 6. The Morgan fingerprint density at radius 1 is 1.26 bits per heavy atom. The van der Waals surface area contributed by atoms with E-state index in [0.717, 1.165) is 8.77 Å². The van der Waals surface area contributed by atoms with Crippen molar-refractivity contribution in [3.63, 3.8) is 0 Å². The van der Waals surface area contributed by atoms with E-state index in [-0.39, 0.29) is 42.8 Å². The molecule has 0 unspecified atom stereocenters. The van der Waals surface area contributed by atoms with E-state index in [1.807, 2.05) is 0 Å². The molecular formula is C20H19ClF2N6O4S. The summed E-state index contributed by atoms with van der Waals surface area (Å²) in [4.78, 5) is 19.3. The average molecular weight is 513 g/mol. The number of aromatic nitrogens is 5. The molecule has 2 aliphatic rings. The van der Waals surface area contributed by atoms with Gasteiger partial charge in [0.05, 0.1) is 36.2 Å². The van der Waals surface area contributed by atoms with E-state index in [9.17, 15) is 22.0 Å². The molecule has 5 rings (SSSR count). The number of rotatable bonds is 6. The molecule has 14 heteroatoms. The summed E-state index contributed by atoms with van der Waals surface area (Å²) in [5.74, 6) is -0.228. The maximum absolute atomic E-state index is 13.4. The Morgan fingerprint density at radius 3 is 2.65 bits per heavy atom. The highest BCUT2D eigenvalue weighted by atomic mass is 35.5. The van der Waals surface area contributed by atoms with Gasteiger partial charge in [0, 0.05) is 36.3 Å². The molecule has 0 radical (unpaired) electrons.